The Bertz CT molecular complexity index is 459. The molecule has 118 valence electrons. The van der Waals surface area contributed by atoms with E-state index in [-0.39, 0.29) is 5.75 Å². The van der Waals surface area contributed by atoms with Crippen molar-refractivity contribution in [1.29, 1.82) is 0 Å². The van der Waals surface area contributed by atoms with Crippen molar-refractivity contribution < 1.29 is 13.5 Å². The van der Waals surface area contributed by atoms with Crippen molar-refractivity contribution in [2.75, 3.05) is 19.6 Å². The van der Waals surface area contributed by atoms with Gasteiger partial charge in [-0.1, -0.05) is 22.9 Å². The Kier molecular flexibility index (Phi) is 6.39. The van der Waals surface area contributed by atoms with Gasteiger partial charge in [0.05, 0.1) is 0 Å². The predicted octanol–water partition coefficient (Wildman–Crippen LogP) is 3.62. The largest absolute Gasteiger partial charge is 0.434 e. The van der Waals surface area contributed by atoms with Crippen molar-refractivity contribution in [3.05, 3.63) is 28.2 Å². The average molecular weight is 363 g/mol. The number of benzene rings is 1. The summed E-state index contributed by atoms with van der Waals surface area (Å²) in [6.45, 7) is 3.10. The fourth-order valence-electron chi connectivity index (χ4n) is 2.66. The highest BCUT2D eigenvalue weighted by molar-refractivity contribution is 9.10. The van der Waals surface area contributed by atoms with E-state index in [0.29, 0.717) is 12.6 Å². The van der Waals surface area contributed by atoms with Crippen LogP contribution in [-0.4, -0.2) is 37.2 Å². The summed E-state index contributed by atoms with van der Waals surface area (Å²) in [6.07, 6.45) is 2.29. The molecule has 0 bridgehead atoms. The van der Waals surface area contributed by atoms with Gasteiger partial charge in [0.25, 0.3) is 0 Å². The van der Waals surface area contributed by atoms with E-state index in [0.717, 1.165) is 36.1 Å². The first kappa shape index (κ1) is 16.6. The summed E-state index contributed by atoms with van der Waals surface area (Å²) >= 11 is 3.37. The quantitative estimate of drug-likeness (QED) is 0.836. The Balaban J connectivity index is 1.96. The summed E-state index contributed by atoms with van der Waals surface area (Å²) in [5.41, 5.74) is 0.748. The maximum atomic E-state index is 12.4. The minimum Gasteiger partial charge on any atom is -0.434 e. The minimum atomic E-state index is -2.80. The fraction of sp³-hybridized carbons (Fsp3) is 0.600. The molecule has 3 nitrogen and oxygen atoms in total. The molecule has 1 aromatic rings. The lowest BCUT2D eigenvalue weighted by atomic mass is 10.1. The molecular formula is C15H21BrF2N2O. The number of ether oxygens (including phenoxy) is 1. The van der Waals surface area contributed by atoms with E-state index in [1.165, 1.54) is 6.42 Å². The number of likely N-dealkylation sites (N-methyl/N-ethyl adjacent to an activating group) is 1. The highest BCUT2D eigenvalue weighted by atomic mass is 79.9. The van der Waals surface area contributed by atoms with Crippen LogP contribution < -0.4 is 10.1 Å². The zero-order valence-corrected chi connectivity index (χ0v) is 13.7. The third-order valence-corrected chi connectivity index (χ3v) is 4.27. The second kappa shape index (κ2) is 8.06. The van der Waals surface area contributed by atoms with Crippen LogP contribution >= 0.6 is 15.9 Å². The summed E-state index contributed by atoms with van der Waals surface area (Å²) in [5, 5.41) is 3.46. The van der Waals surface area contributed by atoms with Crippen LogP contribution in [-0.2, 0) is 6.54 Å². The third-order valence-electron chi connectivity index (χ3n) is 3.77. The monoisotopic (exact) mass is 362 g/mol. The van der Waals surface area contributed by atoms with Crippen molar-refractivity contribution in [2.45, 2.75) is 39.0 Å². The number of rotatable bonds is 6. The lowest BCUT2D eigenvalue weighted by molar-refractivity contribution is -0.0505. The summed E-state index contributed by atoms with van der Waals surface area (Å²) < 4.78 is 30.3. The van der Waals surface area contributed by atoms with Crippen molar-refractivity contribution in [2.24, 2.45) is 0 Å². The second-order valence-corrected chi connectivity index (χ2v) is 6.16. The normalized spacial score (nSPS) is 20.0. The fourth-order valence-corrected chi connectivity index (χ4v) is 3.07. The molecule has 1 unspecified atom stereocenters. The van der Waals surface area contributed by atoms with Crippen molar-refractivity contribution in [3.63, 3.8) is 0 Å². The van der Waals surface area contributed by atoms with Crippen LogP contribution in [0.2, 0.25) is 0 Å². The molecule has 21 heavy (non-hydrogen) atoms. The van der Waals surface area contributed by atoms with Gasteiger partial charge in [0.2, 0.25) is 0 Å². The first-order valence-corrected chi connectivity index (χ1v) is 8.06. The zero-order valence-electron chi connectivity index (χ0n) is 12.1. The van der Waals surface area contributed by atoms with Crippen LogP contribution in [0.25, 0.3) is 0 Å². The SMILES string of the molecule is CCN1CCCC(NCc2cc(Br)ccc2OC(F)F)C1. The molecule has 1 N–H and O–H groups in total. The number of alkyl halides is 2. The molecule has 0 aliphatic carbocycles. The lowest BCUT2D eigenvalue weighted by Crippen LogP contribution is -2.45. The molecular weight excluding hydrogens is 342 g/mol. The van der Waals surface area contributed by atoms with Gasteiger partial charge < -0.3 is 15.0 Å². The maximum absolute atomic E-state index is 12.4. The minimum absolute atomic E-state index is 0.240. The van der Waals surface area contributed by atoms with Gasteiger partial charge in [-0.2, -0.15) is 8.78 Å². The van der Waals surface area contributed by atoms with E-state index in [2.05, 4.69) is 37.8 Å². The van der Waals surface area contributed by atoms with Crippen molar-refractivity contribution in [1.82, 2.24) is 10.2 Å². The Labute approximate surface area is 132 Å². The molecule has 6 heteroatoms. The molecule has 0 amide bonds. The van der Waals surface area contributed by atoms with Crippen LogP contribution in [0.15, 0.2) is 22.7 Å². The number of likely N-dealkylation sites (tertiary alicyclic amines) is 1. The van der Waals surface area contributed by atoms with E-state index >= 15 is 0 Å². The number of hydrogen-bond donors (Lipinski definition) is 1. The number of hydrogen-bond acceptors (Lipinski definition) is 3. The van der Waals surface area contributed by atoms with E-state index in [1.807, 2.05) is 6.07 Å². The molecule has 1 heterocycles. The van der Waals surface area contributed by atoms with Crippen LogP contribution in [0.4, 0.5) is 8.78 Å². The number of halogens is 3. The van der Waals surface area contributed by atoms with Gasteiger partial charge in [-0.3, -0.25) is 0 Å². The van der Waals surface area contributed by atoms with Gasteiger partial charge in [-0.25, -0.2) is 0 Å². The standard InChI is InChI=1S/C15H21BrF2N2O/c1-2-20-7-3-4-13(10-20)19-9-11-8-12(16)5-6-14(11)21-15(17)18/h5-6,8,13,15,19H,2-4,7,9-10H2,1H3. The summed E-state index contributed by atoms with van der Waals surface area (Å²) in [4.78, 5) is 2.40. The average Bonchev–Trinajstić information content (AvgIpc) is 2.47. The van der Waals surface area contributed by atoms with Gasteiger partial charge >= 0.3 is 6.61 Å². The summed E-state index contributed by atoms with van der Waals surface area (Å²) in [5.74, 6) is 0.240. The molecule has 1 aromatic carbocycles. The Morgan fingerprint density at radius 2 is 2.29 bits per heavy atom. The molecule has 1 fully saturated rings. The lowest BCUT2D eigenvalue weighted by Gasteiger charge is -2.32. The van der Waals surface area contributed by atoms with Crippen molar-refractivity contribution >= 4 is 15.9 Å². The first-order chi connectivity index (χ1) is 10.1. The molecule has 1 aliphatic heterocycles. The van der Waals surface area contributed by atoms with E-state index < -0.39 is 6.61 Å². The molecule has 0 saturated carbocycles. The molecule has 1 aliphatic rings. The molecule has 0 radical (unpaired) electrons. The smallest absolute Gasteiger partial charge is 0.387 e. The van der Waals surface area contributed by atoms with Crippen molar-refractivity contribution in [3.8, 4) is 5.75 Å². The van der Waals surface area contributed by atoms with Crippen LogP contribution in [0.3, 0.4) is 0 Å². The molecule has 1 saturated heterocycles. The predicted molar refractivity (Wildman–Crippen MR) is 82.7 cm³/mol. The molecule has 0 aromatic heterocycles. The number of nitrogens with one attached hydrogen (secondary N) is 1. The van der Waals surface area contributed by atoms with Crippen LogP contribution in [0.1, 0.15) is 25.3 Å². The number of nitrogens with zero attached hydrogens (tertiary/aromatic N) is 1. The summed E-state index contributed by atoms with van der Waals surface area (Å²) in [6, 6.07) is 5.51. The zero-order chi connectivity index (χ0) is 15.2. The molecule has 2 rings (SSSR count). The highest BCUT2D eigenvalue weighted by Gasteiger charge is 2.19. The van der Waals surface area contributed by atoms with E-state index in [1.54, 1.807) is 12.1 Å². The summed E-state index contributed by atoms with van der Waals surface area (Å²) in [7, 11) is 0. The molecule has 1 atom stereocenters. The number of piperidine rings is 1. The second-order valence-electron chi connectivity index (χ2n) is 5.24. The van der Waals surface area contributed by atoms with Gasteiger partial charge in [0.15, 0.2) is 0 Å². The Hall–Kier alpha value is -0.720. The van der Waals surface area contributed by atoms with E-state index in [4.69, 9.17) is 0 Å². The van der Waals surface area contributed by atoms with Gasteiger partial charge in [0.1, 0.15) is 5.75 Å². The Morgan fingerprint density at radius 3 is 3.00 bits per heavy atom. The highest BCUT2D eigenvalue weighted by Crippen LogP contribution is 2.25. The van der Waals surface area contributed by atoms with E-state index in [9.17, 15) is 8.78 Å². The Morgan fingerprint density at radius 1 is 1.48 bits per heavy atom. The first-order valence-electron chi connectivity index (χ1n) is 7.27. The van der Waals surface area contributed by atoms with Gasteiger partial charge in [0, 0.05) is 29.2 Å². The third kappa shape index (κ3) is 5.20. The van der Waals surface area contributed by atoms with Gasteiger partial charge in [-0.05, 0) is 44.1 Å². The van der Waals surface area contributed by atoms with Crippen LogP contribution in [0.5, 0.6) is 5.75 Å². The van der Waals surface area contributed by atoms with Gasteiger partial charge in [-0.15, -0.1) is 0 Å². The maximum Gasteiger partial charge on any atom is 0.387 e. The topological polar surface area (TPSA) is 24.5 Å². The molecule has 0 spiro atoms. The van der Waals surface area contributed by atoms with Crippen LogP contribution in [0, 0.1) is 0 Å².